The van der Waals surface area contributed by atoms with E-state index < -0.39 is 23.8 Å². The number of hydrogen-bond acceptors (Lipinski definition) is 5. The average Bonchev–Trinajstić information content (AvgIpc) is 3.24. The lowest BCUT2D eigenvalue weighted by Gasteiger charge is -2.17. The third kappa shape index (κ3) is 7.24. The van der Waals surface area contributed by atoms with Gasteiger partial charge in [-0.2, -0.15) is 13.2 Å². The number of Topliss-reactive ketones (excluding diaryl/α,β-unsaturated/α-hetero) is 1. The van der Waals surface area contributed by atoms with Gasteiger partial charge in [-0.15, -0.1) is 11.3 Å². The number of benzene rings is 2. The quantitative estimate of drug-likeness (QED) is 0.233. The summed E-state index contributed by atoms with van der Waals surface area (Å²) in [6.45, 7) is 3.62. The van der Waals surface area contributed by atoms with Crippen LogP contribution < -0.4 is 4.74 Å². The Morgan fingerprint density at radius 1 is 1.11 bits per heavy atom. The number of aromatic nitrogens is 1. The predicted octanol–water partition coefficient (Wildman–Crippen LogP) is 8.28. The van der Waals surface area contributed by atoms with Gasteiger partial charge in [0.05, 0.1) is 21.2 Å². The van der Waals surface area contributed by atoms with Crippen molar-refractivity contribution in [2.75, 3.05) is 0 Å². The van der Waals surface area contributed by atoms with Crippen molar-refractivity contribution in [1.29, 1.82) is 0 Å². The molecule has 1 heterocycles. The summed E-state index contributed by atoms with van der Waals surface area (Å²) in [7, 11) is 0. The van der Waals surface area contributed by atoms with Gasteiger partial charge >= 0.3 is 12.1 Å². The van der Waals surface area contributed by atoms with E-state index in [-0.39, 0.29) is 34.4 Å². The Kier molecular flexibility index (Phi) is 9.61. The number of carboxylic acids is 1. The molecule has 0 aliphatic carbocycles. The van der Waals surface area contributed by atoms with Gasteiger partial charge in [0, 0.05) is 12.0 Å². The highest BCUT2D eigenvalue weighted by atomic mass is 35.5. The van der Waals surface area contributed by atoms with Crippen molar-refractivity contribution in [2.24, 2.45) is 0 Å². The smallest absolute Gasteiger partial charge is 0.416 e. The molecule has 5 nitrogen and oxygen atoms in total. The Hall–Kier alpha value is -2.62. The summed E-state index contributed by atoms with van der Waals surface area (Å²) < 4.78 is 44.0. The molecule has 0 saturated carbocycles. The number of carboxylic acid groups (broad SMARTS) is 1. The molecule has 0 saturated heterocycles. The normalized spacial score (nSPS) is 12.4. The fourth-order valence-corrected chi connectivity index (χ4v) is 5.09. The number of carbonyl (C=O) groups excluding carboxylic acids is 1. The summed E-state index contributed by atoms with van der Waals surface area (Å²) in [5, 5.41) is 10.1. The third-order valence-electron chi connectivity index (χ3n) is 5.62. The van der Waals surface area contributed by atoms with Crippen LogP contribution in [0.15, 0.2) is 36.4 Å². The van der Waals surface area contributed by atoms with Gasteiger partial charge in [-0.1, -0.05) is 54.7 Å². The number of nitrogens with zero attached hydrogens (tertiary/aromatic N) is 1. The lowest BCUT2D eigenvalue weighted by Crippen LogP contribution is -2.27. The van der Waals surface area contributed by atoms with Gasteiger partial charge in [-0.05, 0) is 49.9 Å². The van der Waals surface area contributed by atoms with E-state index in [0.717, 1.165) is 29.9 Å². The fourth-order valence-electron chi connectivity index (χ4n) is 3.57. The molecule has 0 aliphatic rings. The van der Waals surface area contributed by atoms with Crippen LogP contribution in [0.2, 0.25) is 10.0 Å². The molecule has 1 unspecified atom stereocenters. The van der Waals surface area contributed by atoms with Crippen LogP contribution in [0.4, 0.5) is 13.2 Å². The van der Waals surface area contributed by atoms with Gasteiger partial charge in [-0.3, -0.25) is 4.79 Å². The minimum Gasteiger partial charge on any atom is -0.479 e. The van der Waals surface area contributed by atoms with E-state index in [1.165, 1.54) is 18.2 Å². The second kappa shape index (κ2) is 12.3. The highest BCUT2D eigenvalue weighted by molar-refractivity contribution is 7.17. The zero-order valence-corrected chi connectivity index (χ0v) is 22.3. The Morgan fingerprint density at radius 2 is 1.78 bits per heavy atom. The molecule has 0 fully saturated rings. The van der Waals surface area contributed by atoms with Gasteiger partial charge in [-0.25, -0.2) is 9.78 Å². The van der Waals surface area contributed by atoms with Crippen LogP contribution in [-0.2, 0) is 17.4 Å². The van der Waals surface area contributed by atoms with Crippen molar-refractivity contribution in [1.82, 2.24) is 4.98 Å². The number of alkyl halides is 3. The van der Waals surface area contributed by atoms with Gasteiger partial charge in [0.15, 0.2) is 11.9 Å². The summed E-state index contributed by atoms with van der Waals surface area (Å²) in [6.07, 6.45) is -3.28. The third-order valence-corrected chi connectivity index (χ3v) is 7.77. The van der Waals surface area contributed by atoms with E-state index in [1.54, 1.807) is 13.0 Å². The first-order valence-corrected chi connectivity index (χ1v) is 13.0. The molecule has 0 amide bonds. The van der Waals surface area contributed by atoms with Crippen LogP contribution >= 0.6 is 34.5 Å². The first-order chi connectivity index (χ1) is 17.4. The van der Waals surface area contributed by atoms with Crippen LogP contribution in [0.5, 0.6) is 5.75 Å². The topological polar surface area (TPSA) is 76.5 Å². The maximum Gasteiger partial charge on any atom is 0.416 e. The van der Waals surface area contributed by atoms with Crippen molar-refractivity contribution in [2.45, 2.75) is 58.2 Å². The van der Waals surface area contributed by atoms with Crippen molar-refractivity contribution in [3.63, 3.8) is 0 Å². The first-order valence-electron chi connectivity index (χ1n) is 11.5. The molecule has 1 atom stereocenters. The molecule has 0 aliphatic heterocycles. The van der Waals surface area contributed by atoms with E-state index in [0.29, 0.717) is 39.5 Å². The number of halogens is 5. The minimum absolute atomic E-state index is 0.0768. The molecule has 198 valence electrons. The Morgan fingerprint density at radius 3 is 2.38 bits per heavy atom. The van der Waals surface area contributed by atoms with Crippen molar-refractivity contribution >= 4 is 46.3 Å². The maximum atomic E-state index is 12.9. The molecule has 1 aromatic heterocycles. The molecule has 3 aromatic rings. The van der Waals surface area contributed by atoms with E-state index in [4.69, 9.17) is 27.9 Å². The molecule has 3 rings (SSSR count). The second-order valence-electron chi connectivity index (χ2n) is 8.37. The van der Waals surface area contributed by atoms with E-state index >= 15 is 0 Å². The lowest BCUT2D eigenvalue weighted by atomic mass is 10.1. The zero-order chi connectivity index (χ0) is 27.3. The summed E-state index contributed by atoms with van der Waals surface area (Å²) in [4.78, 5) is 29.2. The van der Waals surface area contributed by atoms with Crippen LogP contribution in [0, 0.1) is 6.92 Å². The number of rotatable bonds is 11. The maximum absolute atomic E-state index is 12.9. The van der Waals surface area contributed by atoms with Gasteiger partial charge in [0.1, 0.15) is 15.8 Å². The molecule has 0 bridgehead atoms. The standard InChI is InChI=1S/C26H24Cl2F3NO4S/c1-3-4-5-20(25(34)35)36-19-13-9-15(21(27)22(19)28)8-12-18(33)23-14(2)32-24(37-23)16-6-10-17(11-7-16)26(29,30)31/h6-7,9-11,13,20H,3-5,8,12H2,1-2H3,(H,34,35). The number of aliphatic carboxylic acids is 1. The fraction of sp³-hybridized carbons (Fsp3) is 0.346. The summed E-state index contributed by atoms with van der Waals surface area (Å²) in [6, 6.07) is 7.80. The number of carbonyl (C=O) groups is 2. The second-order valence-corrected chi connectivity index (χ2v) is 10.1. The van der Waals surface area contributed by atoms with E-state index in [9.17, 15) is 27.9 Å². The first kappa shape index (κ1) is 28.9. The van der Waals surface area contributed by atoms with Crippen molar-refractivity contribution < 1.29 is 32.6 Å². The molecule has 1 N–H and O–H groups in total. The largest absolute Gasteiger partial charge is 0.479 e. The summed E-state index contributed by atoms with van der Waals surface area (Å²) in [5.41, 5.74) is 0.818. The van der Waals surface area contributed by atoms with E-state index in [1.807, 2.05) is 6.92 Å². The van der Waals surface area contributed by atoms with Gasteiger partial charge < -0.3 is 9.84 Å². The minimum atomic E-state index is -4.43. The SMILES string of the molecule is CCCCC(Oc1ccc(CCC(=O)c2sc(-c3ccc(C(F)(F)F)cc3)nc2C)c(Cl)c1Cl)C(=O)O. The lowest BCUT2D eigenvalue weighted by molar-refractivity contribution is -0.145. The summed E-state index contributed by atoms with van der Waals surface area (Å²) in [5.74, 6) is -1.12. The Labute approximate surface area is 226 Å². The zero-order valence-electron chi connectivity index (χ0n) is 20.0. The predicted molar refractivity (Wildman–Crippen MR) is 138 cm³/mol. The Balaban J connectivity index is 1.70. The highest BCUT2D eigenvalue weighted by Crippen LogP contribution is 2.37. The van der Waals surface area contributed by atoms with Crippen molar-refractivity contribution in [3.05, 3.63) is 68.1 Å². The number of unbranched alkanes of at least 4 members (excludes halogenated alkanes) is 1. The van der Waals surface area contributed by atoms with Crippen LogP contribution in [0.25, 0.3) is 10.6 Å². The molecule has 11 heteroatoms. The Bertz CT molecular complexity index is 1280. The highest BCUT2D eigenvalue weighted by Gasteiger charge is 2.30. The van der Waals surface area contributed by atoms with Crippen LogP contribution in [0.3, 0.4) is 0 Å². The monoisotopic (exact) mass is 573 g/mol. The molecular weight excluding hydrogens is 550 g/mol. The van der Waals surface area contributed by atoms with Crippen molar-refractivity contribution in [3.8, 4) is 16.3 Å². The van der Waals surface area contributed by atoms with Gasteiger partial charge in [0.25, 0.3) is 0 Å². The average molecular weight is 574 g/mol. The number of aryl methyl sites for hydroxylation is 2. The molecular formula is C26H24Cl2F3NO4S. The van der Waals surface area contributed by atoms with Crippen LogP contribution in [-0.4, -0.2) is 27.9 Å². The van der Waals surface area contributed by atoms with Gasteiger partial charge in [0.2, 0.25) is 0 Å². The molecule has 37 heavy (non-hydrogen) atoms. The number of ketones is 1. The van der Waals surface area contributed by atoms with Crippen LogP contribution in [0.1, 0.15) is 59.1 Å². The molecule has 0 spiro atoms. The number of ether oxygens (including phenoxy) is 1. The molecule has 2 aromatic carbocycles. The van der Waals surface area contributed by atoms with E-state index in [2.05, 4.69) is 4.98 Å². The number of thiazole rings is 1. The number of hydrogen-bond donors (Lipinski definition) is 1. The summed E-state index contributed by atoms with van der Waals surface area (Å²) >= 11 is 13.8. The molecule has 0 radical (unpaired) electrons.